The van der Waals surface area contributed by atoms with Gasteiger partial charge in [0.25, 0.3) is 11.8 Å². The number of nitrogens with one attached hydrogen (secondary N) is 3. The first kappa shape index (κ1) is 22.9. The van der Waals surface area contributed by atoms with Crippen LogP contribution in [-0.2, 0) is 16.6 Å². The molecule has 166 valence electrons. The average molecular weight is 457 g/mol. The summed E-state index contributed by atoms with van der Waals surface area (Å²) >= 11 is 0. The molecule has 2 aromatic carbocycles. The zero-order chi connectivity index (χ0) is 23.1. The number of benzene rings is 2. The smallest absolute Gasteiger partial charge is 0.291 e. The van der Waals surface area contributed by atoms with Gasteiger partial charge in [0.1, 0.15) is 10.7 Å². The van der Waals surface area contributed by atoms with Gasteiger partial charge in [0.05, 0.1) is 6.26 Å². The zero-order valence-electron chi connectivity index (χ0n) is 16.8. The Morgan fingerprint density at radius 1 is 1.06 bits per heavy atom. The molecule has 0 bridgehead atoms. The minimum Gasteiger partial charge on any atom is -0.459 e. The van der Waals surface area contributed by atoms with E-state index in [0.29, 0.717) is 5.69 Å². The first-order valence-corrected chi connectivity index (χ1v) is 10.9. The van der Waals surface area contributed by atoms with E-state index in [0.717, 1.165) is 17.7 Å². The molecule has 2 amide bonds. The summed E-state index contributed by atoms with van der Waals surface area (Å²) in [5, 5.41) is 5.32. The third-order valence-electron chi connectivity index (χ3n) is 4.31. The van der Waals surface area contributed by atoms with Crippen LogP contribution in [0.25, 0.3) is 0 Å². The van der Waals surface area contributed by atoms with Gasteiger partial charge in [-0.25, -0.2) is 17.5 Å². The van der Waals surface area contributed by atoms with Crippen LogP contribution in [0.5, 0.6) is 0 Å². The first-order valence-electron chi connectivity index (χ1n) is 9.42. The lowest BCUT2D eigenvalue weighted by molar-refractivity contribution is 0.0949. The van der Waals surface area contributed by atoms with Crippen LogP contribution in [0.15, 0.2) is 82.8 Å². The molecule has 3 N–H and O–H groups in total. The molecule has 0 unspecified atom stereocenters. The molecular weight excluding hydrogens is 437 g/mol. The lowest BCUT2D eigenvalue weighted by Crippen LogP contribution is -2.26. The van der Waals surface area contributed by atoms with Crippen LogP contribution in [0.1, 0.15) is 26.5 Å². The lowest BCUT2D eigenvalue weighted by Gasteiger charge is -2.10. The van der Waals surface area contributed by atoms with Gasteiger partial charge >= 0.3 is 0 Å². The van der Waals surface area contributed by atoms with Crippen LogP contribution >= 0.6 is 0 Å². The molecule has 0 saturated carbocycles. The van der Waals surface area contributed by atoms with Crippen LogP contribution in [0.2, 0.25) is 0 Å². The van der Waals surface area contributed by atoms with Crippen molar-refractivity contribution in [2.75, 3.05) is 11.9 Å². The number of halogens is 1. The Morgan fingerprint density at radius 3 is 2.47 bits per heavy atom. The molecule has 1 aromatic heterocycles. The second-order valence-corrected chi connectivity index (χ2v) is 8.33. The highest BCUT2D eigenvalue weighted by Crippen LogP contribution is 2.17. The van der Waals surface area contributed by atoms with E-state index in [1.54, 1.807) is 36.4 Å². The summed E-state index contributed by atoms with van der Waals surface area (Å²) in [4.78, 5) is 23.8. The van der Waals surface area contributed by atoms with Gasteiger partial charge < -0.3 is 15.1 Å². The average Bonchev–Trinajstić information content (AvgIpc) is 3.32. The minimum absolute atomic E-state index is 0.00675. The molecule has 0 aliphatic heterocycles. The van der Waals surface area contributed by atoms with Crippen molar-refractivity contribution in [3.05, 3.63) is 96.2 Å². The standard InChI is InChI=1S/C22H20FN3O5S/c1-2-11-25-32(29,30)20-13-16(7-10-18(20)23)21(27)24-14-15-5-8-17(9-6-15)26-22(28)19-4-3-12-31-19/h2-10,12-13,25H,1,11,14H2,(H,24,27)(H,26,28). The van der Waals surface area contributed by atoms with E-state index in [-0.39, 0.29) is 30.3 Å². The molecular formula is C22H20FN3O5S. The Balaban J connectivity index is 1.62. The highest BCUT2D eigenvalue weighted by molar-refractivity contribution is 7.89. The van der Waals surface area contributed by atoms with Gasteiger partial charge in [0.15, 0.2) is 5.76 Å². The number of carbonyl (C=O) groups excluding carboxylic acids is 2. The zero-order valence-corrected chi connectivity index (χ0v) is 17.6. The van der Waals surface area contributed by atoms with Gasteiger partial charge in [0.2, 0.25) is 10.0 Å². The number of carbonyl (C=O) groups is 2. The molecule has 32 heavy (non-hydrogen) atoms. The molecule has 3 rings (SSSR count). The van der Waals surface area contributed by atoms with Crippen molar-refractivity contribution < 1.29 is 26.8 Å². The minimum atomic E-state index is -4.12. The number of furan rings is 1. The molecule has 1 heterocycles. The highest BCUT2D eigenvalue weighted by atomic mass is 32.2. The van der Waals surface area contributed by atoms with Crippen molar-refractivity contribution in [2.45, 2.75) is 11.4 Å². The largest absolute Gasteiger partial charge is 0.459 e. The van der Waals surface area contributed by atoms with Gasteiger partial charge in [0, 0.05) is 24.3 Å². The normalized spacial score (nSPS) is 11.0. The summed E-state index contributed by atoms with van der Waals surface area (Å²) in [5.41, 5.74) is 1.27. The second-order valence-electron chi connectivity index (χ2n) is 6.60. The third kappa shape index (κ3) is 5.68. The van der Waals surface area contributed by atoms with E-state index < -0.39 is 26.6 Å². The third-order valence-corrected chi connectivity index (χ3v) is 5.75. The SMILES string of the molecule is C=CCNS(=O)(=O)c1cc(C(=O)NCc2ccc(NC(=O)c3ccco3)cc2)ccc1F. The van der Waals surface area contributed by atoms with Crippen LogP contribution in [0, 0.1) is 5.82 Å². The second kappa shape index (κ2) is 10.0. The Hall–Kier alpha value is -3.76. The van der Waals surface area contributed by atoms with Crippen molar-refractivity contribution in [3.8, 4) is 0 Å². The molecule has 10 heteroatoms. The van der Waals surface area contributed by atoms with E-state index in [1.807, 2.05) is 0 Å². The number of rotatable bonds is 9. The summed E-state index contributed by atoms with van der Waals surface area (Å²) in [5.74, 6) is -1.74. The van der Waals surface area contributed by atoms with Gasteiger partial charge in [-0.05, 0) is 48.0 Å². The predicted molar refractivity (Wildman–Crippen MR) is 116 cm³/mol. The summed E-state index contributed by atoms with van der Waals surface area (Å²) in [6, 6.07) is 13.0. The van der Waals surface area contributed by atoms with Crippen LogP contribution in [0.4, 0.5) is 10.1 Å². The van der Waals surface area contributed by atoms with Crippen LogP contribution < -0.4 is 15.4 Å². The Bertz CT molecular complexity index is 1220. The monoisotopic (exact) mass is 457 g/mol. The summed E-state index contributed by atoms with van der Waals surface area (Å²) in [6.07, 6.45) is 2.72. The molecule has 0 radical (unpaired) electrons. The highest BCUT2D eigenvalue weighted by Gasteiger charge is 2.20. The van der Waals surface area contributed by atoms with Gasteiger partial charge in [-0.2, -0.15) is 0 Å². The summed E-state index contributed by atoms with van der Waals surface area (Å²) in [7, 11) is -4.12. The number of hydrogen-bond acceptors (Lipinski definition) is 5. The Labute approximate surface area is 184 Å². The van der Waals surface area contributed by atoms with Crippen molar-refractivity contribution >= 4 is 27.5 Å². The fourth-order valence-electron chi connectivity index (χ4n) is 2.69. The van der Waals surface area contributed by atoms with Gasteiger partial charge in [-0.1, -0.05) is 18.2 Å². The van der Waals surface area contributed by atoms with Crippen LogP contribution in [0.3, 0.4) is 0 Å². The summed E-state index contributed by atoms with van der Waals surface area (Å²) < 4.78 is 45.6. The molecule has 3 aromatic rings. The van der Waals surface area contributed by atoms with E-state index in [2.05, 4.69) is 21.9 Å². The van der Waals surface area contributed by atoms with E-state index in [1.165, 1.54) is 18.4 Å². The number of amides is 2. The Kier molecular flexibility index (Phi) is 7.18. The van der Waals surface area contributed by atoms with Crippen molar-refractivity contribution in [1.29, 1.82) is 0 Å². The van der Waals surface area contributed by atoms with Gasteiger partial charge in [-0.3, -0.25) is 9.59 Å². The summed E-state index contributed by atoms with van der Waals surface area (Å²) in [6.45, 7) is 3.47. The topological polar surface area (TPSA) is 118 Å². The molecule has 0 aliphatic rings. The molecule has 0 saturated heterocycles. The van der Waals surface area contributed by atoms with Crippen molar-refractivity contribution in [2.24, 2.45) is 0 Å². The first-order chi connectivity index (χ1) is 15.3. The van der Waals surface area contributed by atoms with Crippen molar-refractivity contribution in [3.63, 3.8) is 0 Å². The fourth-order valence-corrected chi connectivity index (χ4v) is 3.79. The quantitative estimate of drug-likeness (QED) is 0.427. The lowest BCUT2D eigenvalue weighted by atomic mass is 10.1. The predicted octanol–water partition coefficient (Wildman–Crippen LogP) is 3.07. The van der Waals surface area contributed by atoms with Gasteiger partial charge in [-0.15, -0.1) is 6.58 Å². The molecule has 0 fully saturated rings. The van der Waals surface area contributed by atoms with E-state index in [9.17, 15) is 22.4 Å². The number of hydrogen-bond donors (Lipinski definition) is 3. The molecule has 0 aliphatic carbocycles. The molecule has 0 atom stereocenters. The maximum absolute atomic E-state index is 14.0. The van der Waals surface area contributed by atoms with E-state index in [4.69, 9.17) is 4.42 Å². The number of sulfonamides is 1. The molecule has 8 nitrogen and oxygen atoms in total. The fraction of sp³-hybridized carbons (Fsp3) is 0.0909. The number of anilines is 1. The van der Waals surface area contributed by atoms with E-state index >= 15 is 0 Å². The van der Waals surface area contributed by atoms with Crippen LogP contribution in [-0.4, -0.2) is 26.8 Å². The maximum Gasteiger partial charge on any atom is 0.291 e. The maximum atomic E-state index is 14.0. The Morgan fingerprint density at radius 2 is 1.81 bits per heavy atom. The molecule has 0 spiro atoms. The van der Waals surface area contributed by atoms with Crippen molar-refractivity contribution in [1.82, 2.24) is 10.0 Å².